The minimum atomic E-state index is -4.63. The van der Waals surface area contributed by atoms with E-state index in [4.69, 9.17) is 9.15 Å². The summed E-state index contributed by atoms with van der Waals surface area (Å²) in [6, 6.07) is 0.430. The van der Waals surface area contributed by atoms with Crippen LogP contribution in [0.3, 0.4) is 0 Å². The molecular weight excluding hydrogens is 469 g/mol. The fraction of sp³-hybridized carbons (Fsp3) is 0.619. The Bertz CT molecular complexity index is 994. The summed E-state index contributed by atoms with van der Waals surface area (Å²) >= 11 is 0. The molecule has 0 aliphatic carbocycles. The van der Waals surface area contributed by atoms with Crippen molar-refractivity contribution in [3.05, 3.63) is 18.0 Å². The second-order valence-electron chi connectivity index (χ2n) is 8.40. The number of anilines is 4. The SMILES string of the molecule is CN1CCN(c2ncc(Nc3ncc(C(F)(F)F)c(NCCCN4CCOCCC4=O)n3)o2)CC1. The zero-order chi connectivity index (χ0) is 24.8. The normalized spacial score (nSPS) is 18.0. The average molecular weight is 499 g/mol. The van der Waals surface area contributed by atoms with Gasteiger partial charge < -0.3 is 29.2 Å². The van der Waals surface area contributed by atoms with Gasteiger partial charge in [0.15, 0.2) is 0 Å². The summed E-state index contributed by atoms with van der Waals surface area (Å²) in [5.74, 6) is -0.192. The Morgan fingerprint density at radius 1 is 1.09 bits per heavy atom. The summed E-state index contributed by atoms with van der Waals surface area (Å²) in [6.07, 6.45) is -1.69. The first-order chi connectivity index (χ1) is 16.8. The molecule has 0 atom stereocenters. The van der Waals surface area contributed by atoms with E-state index in [2.05, 4.69) is 30.5 Å². The highest BCUT2D eigenvalue weighted by molar-refractivity contribution is 5.76. The van der Waals surface area contributed by atoms with Gasteiger partial charge in [0, 0.05) is 52.0 Å². The molecule has 192 valence electrons. The van der Waals surface area contributed by atoms with Crippen molar-refractivity contribution in [3.63, 3.8) is 0 Å². The van der Waals surface area contributed by atoms with E-state index < -0.39 is 11.7 Å². The van der Waals surface area contributed by atoms with Gasteiger partial charge in [0.25, 0.3) is 6.01 Å². The van der Waals surface area contributed by atoms with Crippen molar-refractivity contribution in [2.24, 2.45) is 0 Å². The molecular formula is C21H29F3N8O3. The standard InChI is InChI=1S/C21H29F3N8O3/c1-30-6-8-32(9-7-30)20-27-14-16(35-20)28-19-26-13-15(21(22,23)24)18(29-19)25-4-2-5-31-10-12-34-11-3-17(31)33/h13-14H,2-12H2,1H3,(H2,25,26,28,29). The number of halogens is 3. The number of hydrogen-bond acceptors (Lipinski definition) is 10. The lowest BCUT2D eigenvalue weighted by molar-refractivity contribution is -0.137. The number of rotatable bonds is 8. The Kier molecular flexibility index (Phi) is 7.90. The van der Waals surface area contributed by atoms with E-state index in [-0.39, 0.29) is 30.1 Å². The fourth-order valence-corrected chi connectivity index (χ4v) is 3.79. The summed E-state index contributed by atoms with van der Waals surface area (Å²) in [4.78, 5) is 29.9. The molecule has 0 aromatic carbocycles. The summed E-state index contributed by atoms with van der Waals surface area (Å²) in [5, 5.41) is 5.52. The molecule has 0 saturated carbocycles. The molecule has 2 aliphatic heterocycles. The van der Waals surface area contributed by atoms with Crippen LogP contribution in [0, 0.1) is 0 Å². The van der Waals surface area contributed by atoms with Crippen LogP contribution in [0.5, 0.6) is 0 Å². The van der Waals surface area contributed by atoms with Crippen LogP contribution in [0.1, 0.15) is 18.4 Å². The lowest BCUT2D eigenvalue weighted by atomic mass is 10.3. The number of ether oxygens (including phenoxy) is 1. The van der Waals surface area contributed by atoms with Gasteiger partial charge in [-0.05, 0) is 13.5 Å². The first-order valence-electron chi connectivity index (χ1n) is 11.5. The number of hydrogen-bond donors (Lipinski definition) is 2. The Morgan fingerprint density at radius 3 is 2.66 bits per heavy atom. The molecule has 1 amide bonds. The molecule has 0 spiro atoms. The van der Waals surface area contributed by atoms with Gasteiger partial charge in [-0.25, -0.2) is 4.98 Å². The third-order valence-electron chi connectivity index (χ3n) is 5.81. The molecule has 4 heterocycles. The third-order valence-corrected chi connectivity index (χ3v) is 5.81. The minimum absolute atomic E-state index is 0.0185. The molecule has 2 aromatic rings. The average Bonchev–Trinajstić information content (AvgIpc) is 3.18. The van der Waals surface area contributed by atoms with Crippen molar-refractivity contribution in [2.45, 2.75) is 19.0 Å². The van der Waals surface area contributed by atoms with Crippen LogP contribution in [0.25, 0.3) is 0 Å². The molecule has 2 saturated heterocycles. The molecule has 35 heavy (non-hydrogen) atoms. The maximum atomic E-state index is 13.5. The van der Waals surface area contributed by atoms with Gasteiger partial charge in [0.2, 0.25) is 17.7 Å². The van der Waals surface area contributed by atoms with E-state index >= 15 is 0 Å². The predicted octanol–water partition coefficient (Wildman–Crippen LogP) is 2.03. The Labute approximate surface area is 200 Å². The highest BCUT2D eigenvalue weighted by Gasteiger charge is 2.35. The topological polar surface area (TPSA) is 112 Å². The highest BCUT2D eigenvalue weighted by atomic mass is 19.4. The van der Waals surface area contributed by atoms with Crippen molar-refractivity contribution in [2.75, 3.05) is 81.6 Å². The quantitative estimate of drug-likeness (QED) is 0.525. The van der Waals surface area contributed by atoms with E-state index in [1.54, 1.807) is 4.90 Å². The van der Waals surface area contributed by atoms with Gasteiger partial charge >= 0.3 is 6.18 Å². The van der Waals surface area contributed by atoms with E-state index in [1.807, 2.05) is 11.9 Å². The molecule has 2 N–H and O–H groups in total. The van der Waals surface area contributed by atoms with Crippen molar-refractivity contribution >= 4 is 29.6 Å². The molecule has 2 fully saturated rings. The lowest BCUT2D eigenvalue weighted by Crippen LogP contribution is -2.44. The number of carbonyl (C=O) groups excluding carboxylic acids is 1. The monoisotopic (exact) mass is 498 g/mol. The molecule has 0 unspecified atom stereocenters. The molecule has 11 nitrogen and oxygen atoms in total. The minimum Gasteiger partial charge on any atom is -0.407 e. The van der Waals surface area contributed by atoms with Crippen molar-refractivity contribution in [1.82, 2.24) is 24.8 Å². The van der Waals surface area contributed by atoms with Crippen LogP contribution >= 0.6 is 0 Å². The largest absolute Gasteiger partial charge is 0.421 e. The molecule has 2 aliphatic rings. The Balaban J connectivity index is 1.38. The van der Waals surface area contributed by atoms with Crippen LogP contribution in [0.2, 0.25) is 0 Å². The number of amides is 1. The summed E-state index contributed by atoms with van der Waals surface area (Å²) in [5.41, 5.74) is -0.974. The zero-order valence-electron chi connectivity index (χ0n) is 19.5. The number of likely N-dealkylation sites (N-methyl/N-ethyl adjacent to an activating group) is 1. The van der Waals surface area contributed by atoms with Crippen molar-refractivity contribution in [3.8, 4) is 0 Å². The number of oxazole rings is 1. The van der Waals surface area contributed by atoms with Gasteiger partial charge in [-0.15, -0.1) is 0 Å². The Hall–Kier alpha value is -3.13. The number of carbonyl (C=O) groups is 1. The van der Waals surface area contributed by atoms with Crippen LogP contribution in [0.15, 0.2) is 16.8 Å². The predicted molar refractivity (Wildman–Crippen MR) is 122 cm³/mol. The van der Waals surface area contributed by atoms with Crippen LogP contribution in [-0.2, 0) is 15.7 Å². The molecule has 0 bridgehead atoms. The number of piperazine rings is 1. The zero-order valence-corrected chi connectivity index (χ0v) is 19.5. The molecule has 0 radical (unpaired) electrons. The van der Waals surface area contributed by atoms with E-state index in [0.717, 1.165) is 32.4 Å². The van der Waals surface area contributed by atoms with Gasteiger partial charge in [-0.1, -0.05) is 0 Å². The first kappa shape index (κ1) is 25.0. The van der Waals surface area contributed by atoms with E-state index in [0.29, 0.717) is 45.2 Å². The smallest absolute Gasteiger partial charge is 0.407 e. The maximum Gasteiger partial charge on any atom is 0.421 e. The van der Waals surface area contributed by atoms with Crippen molar-refractivity contribution in [1.29, 1.82) is 0 Å². The summed E-state index contributed by atoms with van der Waals surface area (Å²) < 4.78 is 51.5. The van der Waals surface area contributed by atoms with E-state index in [9.17, 15) is 18.0 Å². The van der Waals surface area contributed by atoms with Gasteiger partial charge in [-0.3, -0.25) is 10.1 Å². The second-order valence-corrected chi connectivity index (χ2v) is 8.40. The van der Waals surface area contributed by atoms with Crippen LogP contribution in [-0.4, -0.2) is 96.7 Å². The van der Waals surface area contributed by atoms with Crippen LogP contribution in [0.4, 0.5) is 36.8 Å². The van der Waals surface area contributed by atoms with Gasteiger partial charge in [-0.2, -0.15) is 23.1 Å². The molecule has 2 aromatic heterocycles. The molecule has 14 heteroatoms. The first-order valence-corrected chi connectivity index (χ1v) is 11.5. The van der Waals surface area contributed by atoms with Crippen molar-refractivity contribution < 1.29 is 27.1 Å². The fourth-order valence-electron chi connectivity index (χ4n) is 3.79. The second kappa shape index (κ2) is 11.1. The number of nitrogens with zero attached hydrogens (tertiary/aromatic N) is 6. The van der Waals surface area contributed by atoms with E-state index in [1.165, 1.54) is 6.20 Å². The maximum absolute atomic E-state index is 13.5. The number of aromatic nitrogens is 3. The lowest BCUT2D eigenvalue weighted by Gasteiger charge is -2.31. The summed E-state index contributed by atoms with van der Waals surface area (Å²) in [6.45, 7) is 5.21. The number of nitrogens with one attached hydrogen (secondary N) is 2. The van der Waals surface area contributed by atoms with Crippen LogP contribution < -0.4 is 15.5 Å². The third kappa shape index (κ3) is 6.72. The van der Waals surface area contributed by atoms with Gasteiger partial charge in [0.05, 0.1) is 25.8 Å². The van der Waals surface area contributed by atoms with Gasteiger partial charge in [0.1, 0.15) is 11.4 Å². The summed E-state index contributed by atoms with van der Waals surface area (Å²) in [7, 11) is 2.04. The highest BCUT2D eigenvalue weighted by Crippen LogP contribution is 2.34. The molecule has 4 rings (SSSR count). The number of alkyl halides is 3. The Morgan fingerprint density at radius 2 is 1.89 bits per heavy atom.